The Balaban J connectivity index is 3.04. The van der Waals surface area contributed by atoms with Crippen LogP contribution in [0.5, 0.6) is 0 Å². The first-order valence-electron chi connectivity index (χ1n) is 13.6. The van der Waals surface area contributed by atoms with Crippen LogP contribution >= 0.6 is 0 Å². The van der Waals surface area contributed by atoms with Gasteiger partial charge in [-0.15, -0.1) is 0 Å². The van der Waals surface area contributed by atoms with Gasteiger partial charge in [-0.2, -0.15) is 0 Å². The summed E-state index contributed by atoms with van der Waals surface area (Å²) in [4.78, 5) is 10.4. The highest BCUT2D eigenvalue weighted by molar-refractivity contribution is 5.66. The highest BCUT2D eigenvalue weighted by Crippen LogP contribution is 2.15. The van der Waals surface area contributed by atoms with Crippen LogP contribution in [0.2, 0.25) is 0 Å². The molecule has 178 valence electrons. The number of aliphatic carboxylic acids is 1. The number of carboxylic acid groups (broad SMARTS) is 1. The quantitative estimate of drug-likeness (QED) is 0.117. The number of carboxylic acids is 1. The molecule has 1 N–H and O–H groups in total. The summed E-state index contributed by atoms with van der Waals surface area (Å²) >= 11 is 0. The van der Waals surface area contributed by atoms with E-state index in [4.69, 9.17) is 5.11 Å². The van der Waals surface area contributed by atoms with Crippen molar-refractivity contribution in [2.75, 3.05) is 0 Å². The van der Waals surface area contributed by atoms with Gasteiger partial charge in [0.2, 0.25) is 0 Å². The molecule has 2 nitrogen and oxygen atoms in total. The van der Waals surface area contributed by atoms with E-state index in [2.05, 4.69) is 13.0 Å². The van der Waals surface area contributed by atoms with Crippen molar-refractivity contribution in [1.82, 2.24) is 0 Å². The first-order chi connectivity index (χ1) is 14.8. The third-order valence-corrected chi connectivity index (χ3v) is 6.17. The van der Waals surface area contributed by atoms with Crippen LogP contribution in [0.15, 0.2) is 12.2 Å². The maximum absolute atomic E-state index is 10.4. The summed E-state index contributed by atoms with van der Waals surface area (Å²) in [5.41, 5.74) is 0. The number of hydrogen-bond acceptors (Lipinski definition) is 1. The number of rotatable bonds is 25. The van der Waals surface area contributed by atoms with E-state index in [-0.39, 0.29) is 6.42 Å². The highest BCUT2D eigenvalue weighted by Gasteiger charge is 1.96. The molecular weight excluding hydrogens is 368 g/mol. The minimum atomic E-state index is -0.700. The van der Waals surface area contributed by atoms with Crippen LogP contribution in [-0.2, 0) is 4.79 Å². The predicted octanol–water partition coefficient (Wildman–Crippen LogP) is 10.0. The van der Waals surface area contributed by atoms with Crippen molar-refractivity contribution < 1.29 is 9.90 Å². The highest BCUT2D eigenvalue weighted by atomic mass is 16.4. The molecule has 0 amide bonds. The van der Waals surface area contributed by atoms with E-state index in [0.29, 0.717) is 6.42 Å². The van der Waals surface area contributed by atoms with Crippen LogP contribution < -0.4 is 0 Å². The monoisotopic (exact) mass is 422 g/mol. The number of hydrogen-bond donors (Lipinski definition) is 1. The molecule has 0 spiro atoms. The number of allylic oxidation sites excluding steroid dienone is 2. The minimum Gasteiger partial charge on any atom is -0.481 e. The molecule has 0 aromatic carbocycles. The van der Waals surface area contributed by atoms with Gasteiger partial charge in [0.25, 0.3) is 0 Å². The van der Waals surface area contributed by atoms with E-state index in [1.165, 1.54) is 135 Å². The third kappa shape index (κ3) is 27.2. The summed E-state index contributed by atoms with van der Waals surface area (Å²) in [6.07, 6.45) is 36.1. The van der Waals surface area contributed by atoms with Gasteiger partial charge in [0, 0.05) is 6.42 Å². The van der Waals surface area contributed by atoms with Crippen molar-refractivity contribution in [3.05, 3.63) is 12.2 Å². The fourth-order valence-electron chi connectivity index (χ4n) is 4.14. The molecule has 0 aliphatic carbocycles. The zero-order chi connectivity index (χ0) is 22.0. The maximum atomic E-state index is 10.4. The Kier molecular flexibility index (Phi) is 25.6. The van der Waals surface area contributed by atoms with E-state index in [1.807, 2.05) is 6.08 Å². The molecule has 0 aliphatic rings. The smallest absolute Gasteiger partial charge is 0.303 e. The van der Waals surface area contributed by atoms with Crippen molar-refractivity contribution in [3.8, 4) is 0 Å². The van der Waals surface area contributed by atoms with E-state index >= 15 is 0 Å². The van der Waals surface area contributed by atoms with Crippen LogP contribution in [0.4, 0.5) is 0 Å². The van der Waals surface area contributed by atoms with Gasteiger partial charge in [0.15, 0.2) is 0 Å². The van der Waals surface area contributed by atoms with Gasteiger partial charge in [-0.3, -0.25) is 4.79 Å². The normalized spacial score (nSPS) is 11.5. The maximum Gasteiger partial charge on any atom is 0.303 e. The first-order valence-corrected chi connectivity index (χ1v) is 13.6. The van der Waals surface area contributed by atoms with Crippen molar-refractivity contribution >= 4 is 5.97 Å². The molecule has 0 bridgehead atoms. The molecule has 0 heterocycles. The lowest BCUT2D eigenvalue weighted by Gasteiger charge is -2.04. The molecule has 30 heavy (non-hydrogen) atoms. The van der Waals surface area contributed by atoms with Crippen molar-refractivity contribution in [1.29, 1.82) is 0 Å². The molecule has 0 aliphatic heterocycles. The molecule has 0 atom stereocenters. The predicted molar refractivity (Wildman–Crippen MR) is 133 cm³/mol. The zero-order valence-corrected chi connectivity index (χ0v) is 20.5. The topological polar surface area (TPSA) is 37.3 Å². The fourth-order valence-corrected chi connectivity index (χ4v) is 4.14. The van der Waals surface area contributed by atoms with Gasteiger partial charge in [-0.05, 0) is 19.3 Å². The molecule has 0 radical (unpaired) electrons. The van der Waals surface area contributed by atoms with Crippen LogP contribution in [0.25, 0.3) is 0 Å². The molecule has 0 aromatic heterocycles. The summed E-state index contributed by atoms with van der Waals surface area (Å²) in [5.74, 6) is -0.700. The average molecular weight is 423 g/mol. The van der Waals surface area contributed by atoms with Gasteiger partial charge in [0.05, 0.1) is 0 Å². The summed E-state index contributed by atoms with van der Waals surface area (Å²) in [5, 5.41) is 8.56. The fraction of sp³-hybridized carbons (Fsp3) is 0.893. The molecular formula is C28H54O2. The Morgan fingerprint density at radius 2 is 0.800 bits per heavy atom. The summed E-state index contributed by atoms with van der Waals surface area (Å²) in [6.45, 7) is 2.29. The Bertz CT molecular complexity index is 362. The standard InChI is InChI=1S/C28H54O2/c1-2-3-4-5-6-7-8-9-10-11-12-13-14-15-16-17-18-19-20-21-22-23-24-25-26-27-28(29)30/h24-25H,2-23,26-27H2,1H3,(H,29,30). The summed E-state index contributed by atoms with van der Waals surface area (Å²) in [7, 11) is 0. The van der Waals surface area contributed by atoms with E-state index in [1.54, 1.807) is 0 Å². The summed E-state index contributed by atoms with van der Waals surface area (Å²) in [6, 6.07) is 0. The lowest BCUT2D eigenvalue weighted by Crippen LogP contribution is -1.91. The second-order valence-corrected chi connectivity index (χ2v) is 9.26. The van der Waals surface area contributed by atoms with Gasteiger partial charge in [-0.1, -0.05) is 147 Å². The van der Waals surface area contributed by atoms with Crippen molar-refractivity contribution in [2.45, 2.75) is 161 Å². The van der Waals surface area contributed by atoms with E-state index in [0.717, 1.165) is 6.42 Å². The Labute approximate surface area is 189 Å². The lowest BCUT2D eigenvalue weighted by atomic mass is 10.0. The van der Waals surface area contributed by atoms with E-state index < -0.39 is 5.97 Å². The second kappa shape index (κ2) is 26.2. The van der Waals surface area contributed by atoms with Gasteiger partial charge >= 0.3 is 5.97 Å². The molecule has 0 saturated heterocycles. The molecule has 0 saturated carbocycles. The molecule has 0 unspecified atom stereocenters. The lowest BCUT2D eigenvalue weighted by molar-refractivity contribution is -0.136. The Morgan fingerprint density at radius 1 is 0.500 bits per heavy atom. The van der Waals surface area contributed by atoms with Gasteiger partial charge < -0.3 is 5.11 Å². The van der Waals surface area contributed by atoms with Gasteiger partial charge in [-0.25, -0.2) is 0 Å². The van der Waals surface area contributed by atoms with Crippen LogP contribution in [-0.4, -0.2) is 11.1 Å². The molecule has 0 rings (SSSR count). The SMILES string of the molecule is CCCCCCCCCCCCCCCCCCCCCCCC=CCCC(=O)O. The number of unbranched alkanes of at least 4 members (excludes halogenated alkanes) is 21. The Morgan fingerprint density at radius 3 is 1.13 bits per heavy atom. The largest absolute Gasteiger partial charge is 0.481 e. The zero-order valence-electron chi connectivity index (χ0n) is 20.5. The van der Waals surface area contributed by atoms with Gasteiger partial charge in [0.1, 0.15) is 0 Å². The second-order valence-electron chi connectivity index (χ2n) is 9.26. The minimum absolute atomic E-state index is 0.260. The first kappa shape index (κ1) is 29.2. The van der Waals surface area contributed by atoms with Crippen LogP contribution in [0, 0.1) is 0 Å². The van der Waals surface area contributed by atoms with Crippen LogP contribution in [0.1, 0.15) is 161 Å². The molecule has 0 aromatic rings. The summed E-state index contributed by atoms with van der Waals surface area (Å²) < 4.78 is 0. The molecule has 0 fully saturated rings. The molecule has 2 heteroatoms. The average Bonchev–Trinajstić information content (AvgIpc) is 2.73. The number of carbonyl (C=O) groups is 1. The Hall–Kier alpha value is -0.790. The van der Waals surface area contributed by atoms with Crippen molar-refractivity contribution in [3.63, 3.8) is 0 Å². The van der Waals surface area contributed by atoms with E-state index in [9.17, 15) is 4.79 Å². The van der Waals surface area contributed by atoms with Crippen molar-refractivity contribution in [2.24, 2.45) is 0 Å². The third-order valence-electron chi connectivity index (χ3n) is 6.17. The van der Waals surface area contributed by atoms with Crippen LogP contribution in [0.3, 0.4) is 0 Å².